The second-order valence-electron chi connectivity index (χ2n) is 5.69. The van der Waals surface area contributed by atoms with Crippen LogP contribution in [-0.4, -0.2) is 44.7 Å². The fraction of sp³-hybridized carbons (Fsp3) is 0.533. The summed E-state index contributed by atoms with van der Waals surface area (Å²) in [4.78, 5) is 6.43. The van der Waals surface area contributed by atoms with Crippen LogP contribution in [0.4, 0.5) is 0 Å². The summed E-state index contributed by atoms with van der Waals surface area (Å²) in [5.74, 6) is 0.896. The second kappa shape index (κ2) is 8.19. The van der Waals surface area contributed by atoms with E-state index in [2.05, 4.69) is 22.1 Å². The molecule has 4 nitrogen and oxygen atoms in total. The van der Waals surface area contributed by atoms with E-state index in [1.807, 2.05) is 31.3 Å². The van der Waals surface area contributed by atoms with E-state index in [1.54, 1.807) is 7.05 Å². The van der Waals surface area contributed by atoms with Crippen molar-refractivity contribution >= 4 is 41.5 Å². The summed E-state index contributed by atoms with van der Waals surface area (Å²) < 4.78 is 5.27. The molecule has 0 bridgehead atoms. The van der Waals surface area contributed by atoms with Crippen LogP contribution < -0.4 is 5.32 Å². The van der Waals surface area contributed by atoms with Gasteiger partial charge in [-0.2, -0.15) is 0 Å². The zero-order chi connectivity index (χ0) is 14.6. The number of rotatable bonds is 4. The first-order chi connectivity index (χ1) is 9.52. The number of benzene rings is 1. The summed E-state index contributed by atoms with van der Waals surface area (Å²) in [6, 6.07) is 7.89. The number of guanidine groups is 1. The summed E-state index contributed by atoms with van der Waals surface area (Å²) in [6.07, 6.45) is 0. The lowest BCUT2D eigenvalue weighted by atomic mass is 9.89. The lowest BCUT2D eigenvalue weighted by molar-refractivity contribution is -0.0972. The molecule has 1 aromatic rings. The van der Waals surface area contributed by atoms with E-state index >= 15 is 0 Å². The van der Waals surface area contributed by atoms with Crippen molar-refractivity contribution in [2.24, 2.45) is 10.4 Å². The van der Waals surface area contributed by atoms with E-state index in [0.29, 0.717) is 0 Å². The van der Waals surface area contributed by atoms with Crippen molar-refractivity contribution in [2.75, 3.05) is 33.9 Å². The van der Waals surface area contributed by atoms with Gasteiger partial charge >= 0.3 is 0 Å². The molecule has 0 saturated carbocycles. The largest absolute Gasteiger partial charge is 0.380 e. The SMILES string of the molecule is CN=C(NCC1(C)COC1)N(C)Cc1ccc(Cl)cc1.I. The van der Waals surface area contributed by atoms with Gasteiger partial charge in [-0.15, -0.1) is 24.0 Å². The highest BCUT2D eigenvalue weighted by atomic mass is 127. The van der Waals surface area contributed by atoms with E-state index in [4.69, 9.17) is 16.3 Å². The highest BCUT2D eigenvalue weighted by Crippen LogP contribution is 2.25. The molecule has 21 heavy (non-hydrogen) atoms. The number of ether oxygens (including phenoxy) is 1. The second-order valence-corrected chi connectivity index (χ2v) is 6.12. The topological polar surface area (TPSA) is 36.9 Å². The molecule has 0 amide bonds. The predicted molar refractivity (Wildman–Crippen MR) is 98.6 cm³/mol. The number of nitrogens with one attached hydrogen (secondary N) is 1. The normalized spacial score (nSPS) is 16.7. The van der Waals surface area contributed by atoms with Crippen LogP contribution in [0, 0.1) is 5.41 Å². The minimum absolute atomic E-state index is 0. The standard InChI is InChI=1S/C15H22ClN3O.HI/c1-15(10-20-11-15)9-18-14(17-2)19(3)8-12-4-6-13(16)7-5-12;/h4-7H,8-11H2,1-3H3,(H,17,18);1H. The molecular formula is C15H23ClIN3O. The van der Waals surface area contributed by atoms with Gasteiger partial charge in [-0.05, 0) is 17.7 Å². The van der Waals surface area contributed by atoms with Crippen LogP contribution in [0.2, 0.25) is 5.02 Å². The molecule has 0 radical (unpaired) electrons. The maximum absolute atomic E-state index is 5.90. The van der Waals surface area contributed by atoms with Gasteiger partial charge in [0.05, 0.1) is 13.2 Å². The molecule has 1 saturated heterocycles. The van der Waals surface area contributed by atoms with E-state index < -0.39 is 0 Å². The summed E-state index contributed by atoms with van der Waals surface area (Å²) >= 11 is 5.90. The number of hydrogen-bond acceptors (Lipinski definition) is 2. The third kappa shape index (κ3) is 5.30. The van der Waals surface area contributed by atoms with Gasteiger partial charge in [0, 0.05) is 37.6 Å². The molecule has 118 valence electrons. The molecule has 0 aromatic heterocycles. The first kappa shape index (κ1) is 18.5. The Balaban J connectivity index is 0.00000220. The summed E-state index contributed by atoms with van der Waals surface area (Å²) in [5.41, 5.74) is 1.44. The highest BCUT2D eigenvalue weighted by molar-refractivity contribution is 14.0. The van der Waals surface area contributed by atoms with E-state index in [1.165, 1.54) is 5.56 Å². The van der Waals surface area contributed by atoms with E-state index in [0.717, 1.165) is 37.3 Å². The molecule has 1 N–H and O–H groups in total. The number of aliphatic imine (C=N–C) groups is 1. The van der Waals surface area contributed by atoms with Crippen molar-refractivity contribution in [1.29, 1.82) is 0 Å². The Hall–Kier alpha value is -0.530. The Labute approximate surface area is 148 Å². The van der Waals surface area contributed by atoms with E-state index in [9.17, 15) is 0 Å². The predicted octanol–water partition coefficient (Wildman–Crippen LogP) is 3.00. The van der Waals surface area contributed by atoms with Crippen molar-refractivity contribution in [3.63, 3.8) is 0 Å². The Bertz CT molecular complexity index is 474. The summed E-state index contributed by atoms with van der Waals surface area (Å²) in [6.45, 7) is 5.53. The van der Waals surface area contributed by atoms with E-state index in [-0.39, 0.29) is 29.4 Å². The molecule has 1 heterocycles. The third-order valence-electron chi connectivity index (χ3n) is 3.48. The van der Waals surface area contributed by atoms with Gasteiger partial charge in [0.1, 0.15) is 0 Å². The summed E-state index contributed by atoms with van der Waals surface area (Å²) in [5, 5.41) is 4.17. The van der Waals surface area contributed by atoms with Crippen LogP contribution >= 0.6 is 35.6 Å². The van der Waals surface area contributed by atoms with Gasteiger partial charge in [-0.3, -0.25) is 4.99 Å². The van der Waals surface area contributed by atoms with Crippen LogP contribution in [-0.2, 0) is 11.3 Å². The van der Waals surface area contributed by atoms with Crippen LogP contribution in [0.3, 0.4) is 0 Å². The Morgan fingerprint density at radius 2 is 2.00 bits per heavy atom. The zero-order valence-electron chi connectivity index (χ0n) is 12.7. The average Bonchev–Trinajstić information content (AvgIpc) is 2.40. The Kier molecular flexibility index (Phi) is 7.23. The molecule has 6 heteroatoms. The molecule has 1 aliphatic heterocycles. The van der Waals surface area contributed by atoms with Gasteiger partial charge < -0.3 is 15.0 Å². The van der Waals surface area contributed by atoms with Crippen molar-refractivity contribution < 1.29 is 4.74 Å². The van der Waals surface area contributed by atoms with Crippen LogP contribution in [0.1, 0.15) is 12.5 Å². The van der Waals surface area contributed by atoms with Gasteiger partial charge in [-0.25, -0.2) is 0 Å². The molecule has 0 spiro atoms. The zero-order valence-corrected chi connectivity index (χ0v) is 15.8. The fourth-order valence-corrected chi connectivity index (χ4v) is 2.29. The molecule has 0 atom stereocenters. The highest BCUT2D eigenvalue weighted by Gasteiger charge is 2.33. The summed E-state index contributed by atoms with van der Waals surface area (Å²) in [7, 11) is 3.84. The monoisotopic (exact) mass is 423 g/mol. The molecule has 2 rings (SSSR count). The van der Waals surface area contributed by atoms with Crippen molar-refractivity contribution in [3.05, 3.63) is 34.9 Å². The smallest absolute Gasteiger partial charge is 0.193 e. The Morgan fingerprint density at radius 1 is 1.38 bits per heavy atom. The third-order valence-corrected chi connectivity index (χ3v) is 3.73. The molecule has 1 fully saturated rings. The van der Waals surface area contributed by atoms with Gasteiger partial charge in [0.25, 0.3) is 0 Å². The van der Waals surface area contributed by atoms with Crippen molar-refractivity contribution in [2.45, 2.75) is 13.5 Å². The molecule has 1 aromatic carbocycles. The minimum Gasteiger partial charge on any atom is -0.380 e. The van der Waals surface area contributed by atoms with Crippen LogP contribution in [0.5, 0.6) is 0 Å². The quantitative estimate of drug-likeness (QED) is 0.459. The van der Waals surface area contributed by atoms with Crippen molar-refractivity contribution in [3.8, 4) is 0 Å². The van der Waals surface area contributed by atoms with Crippen LogP contribution in [0.25, 0.3) is 0 Å². The fourth-order valence-electron chi connectivity index (χ4n) is 2.17. The maximum Gasteiger partial charge on any atom is 0.193 e. The lowest BCUT2D eigenvalue weighted by Gasteiger charge is -2.39. The molecule has 1 aliphatic rings. The Morgan fingerprint density at radius 3 is 2.48 bits per heavy atom. The minimum atomic E-state index is 0. The number of nitrogens with zero attached hydrogens (tertiary/aromatic N) is 2. The number of halogens is 2. The average molecular weight is 424 g/mol. The first-order valence-electron chi connectivity index (χ1n) is 6.76. The van der Waals surface area contributed by atoms with Gasteiger partial charge in [0.2, 0.25) is 0 Å². The molecule has 0 aliphatic carbocycles. The van der Waals surface area contributed by atoms with Gasteiger partial charge in [0.15, 0.2) is 5.96 Å². The van der Waals surface area contributed by atoms with Gasteiger partial charge in [-0.1, -0.05) is 30.7 Å². The molecular weight excluding hydrogens is 401 g/mol. The van der Waals surface area contributed by atoms with Crippen molar-refractivity contribution in [1.82, 2.24) is 10.2 Å². The first-order valence-corrected chi connectivity index (χ1v) is 7.14. The lowest BCUT2D eigenvalue weighted by Crippen LogP contribution is -2.51. The molecule has 0 unspecified atom stereocenters. The number of hydrogen-bond donors (Lipinski definition) is 1. The maximum atomic E-state index is 5.90. The van der Waals surface area contributed by atoms with Crippen LogP contribution in [0.15, 0.2) is 29.3 Å².